The standard InChI is InChI=1S/C13H11BrClFN2O/c1-7(10-3-2-9(16)5-12(10)19)18-11-4-8(14)6-17-13(11)15/h2-7,18-19H,1H3. The zero-order valence-electron chi connectivity index (χ0n) is 9.99. The lowest BCUT2D eigenvalue weighted by molar-refractivity contribution is 0.459. The molecule has 0 aliphatic heterocycles. The van der Waals surface area contributed by atoms with Gasteiger partial charge in [0.05, 0.1) is 11.7 Å². The Labute approximate surface area is 123 Å². The van der Waals surface area contributed by atoms with Crippen LogP contribution in [0.2, 0.25) is 5.15 Å². The van der Waals surface area contributed by atoms with Crippen molar-refractivity contribution in [1.82, 2.24) is 4.98 Å². The Morgan fingerprint density at radius 1 is 1.42 bits per heavy atom. The fourth-order valence-electron chi connectivity index (χ4n) is 1.72. The third kappa shape index (κ3) is 3.36. The summed E-state index contributed by atoms with van der Waals surface area (Å²) >= 11 is 9.28. The number of nitrogens with zero attached hydrogens (tertiary/aromatic N) is 1. The first-order valence-electron chi connectivity index (χ1n) is 5.53. The van der Waals surface area contributed by atoms with Crippen LogP contribution in [0, 0.1) is 5.82 Å². The van der Waals surface area contributed by atoms with Crippen LogP contribution in [0.3, 0.4) is 0 Å². The molecule has 1 unspecified atom stereocenters. The number of aromatic hydroxyl groups is 1. The number of rotatable bonds is 3. The number of benzene rings is 1. The molecule has 1 atom stereocenters. The van der Waals surface area contributed by atoms with Gasteiger partial charge in [-0.1, -0.05) is 17.7 Å². The quantitative estimate of drug-likeness (QED) is 0.804. The number of phenols is 1. The van der Waals surface area contributed by atoms with Crippen LogP contribution >= 0.6 is 27.5 Å². The fourth-order valence-corrected chi connectivity index (χ4v) is 2.21. The molecule has 1 aromatic carbocycles. The van der Waals surface area contributed by atoms with Gasteiger partial charge in [0, 0.05) is 22.3 Å². The van der Waals surface area contributed by atoms with Crippen LogP contribution in [-0.4, -0.2) is 10.1 Å². The first-order chi connectivity index (χ1) is 8.97. The minimum Gasteiger partial charge on any atom is -0.507 e. The number of pyridine rings is 1. The molecule has 0 aliphatic rings. The largest absolute Gasteiger partial charge is 0.507 e. The molecule has 0 aliphatic carbocycles. The van der Waals surface area contributed by atoms with Gasteiger partial charge in [-0.2, -0.15) is 0 Å². The van der Waals surface area contributed by atoms with Gasteiger partial charge in [0.15, 0.2) is 5.15 Å². The van der Waals surface area contributed by atoms with E-state index in [1.165, 1.54) is 12.1 Å². The molecule has 3 nitrogen and oxygen atoms in total. The van der Waals surface area contributed by atoms with E-state index >= 15 is 0 Å². The molecule has 6 heteroatoms. The summed E-state index contributed by atoms with van der Waals surface area (Å²) < 4.78 is 13.7. The SMILES string of the molecule is CC(Nc1cc(Br)cnc1Cl)c1ccc(F)cc1O. The highest BCUT2D eigenvalue weighted by atomic mass is 79.9. The lowest BCUT2D eigenvalue weighted by atomic mass is 10.1. The third-order valence-corrected chi connectivity index (χ3v) is 3.37. The van der Waals surface area contributed by atoms with E-state index in [1.807, 2.05) is 6.92 Å². The maximum Gasteiger partial charge on any atom is 0.152 e. The van der Waals surface area contributed by atoms with Gasteiger partial charge in [-0.3, -0.25) is 0 Å². The Morgan fingerprint density at radius 2 is 2.16 bits per heavy atom. The summed E-state index contributed by atoms with van der Waals surface area (Å²) in [6.07, 6.45) is 1.59. The molecular weight excluding hydrogens is 335 g/mol. The van der Waals surface area contributed by atoms with Crippen LogP contribution in [0.5, 0.6) is 5.75 Å². The van der Waals surface area contributed by atoms with Crippen molar-refractivity contribution in [3.63, 3.8) is 0 Å². The van der Waals surface area contributed by atoms with Crippen molar-refractivity contribution in [3.05, 3.63) is 51.5 Å². The van der Waals surface area contributed by atoms with Crippen molar-refractivity contribution in [2.75, 3.05) is 5.32 Å². The van der Waals surface area contributed by atoms with Crippen LogP contribution in [0.4, 0.5) is 10.1 Å². The Balaban J connectivity index is 2.25. The van der Waals surface area contributed by atoms with Crippen LogP contribution < -0.4 is 5.32 Å². The molecule has 100 valence electrons. The summed E-state index contributed by atoms with van der Waals surface area (Å²) in [6.45, 7) is 1.84. The van der Waals surface area contributed by atoms with Crippen LogP contribution in [-0.2, 0) is 0 Å². The average Bonchev–Trinajstić information content (AvgIpc) is 2.33. The van der Waals surface area contributed by atoms with Crippen LogP contribution in [0.25, 0.3) is 0 Å². The summed E-state index contributed by atoms with van der Waals surface area (Å²) in [7, 11) is 0. The minimum absolute atomic E-state index is 0.0981. The molecule has 2 rings (SSSR count). The van der Waals surface area contributed by atoms with E-state index in [0.717, 1.165) is 10.5 Å². The lowest BCUT2D eigenvalue weighted by Crippen LogP contribution is -2.08. The molecule has 2 aromatic rings. The van der Waals surface area contributed by atoms with Gasteiger partial charge in [-0.15, -0.1) is 0 Å². The summed E-state index contributed by atoms with van der Waals surface area (Å²) in [4.78, 5) is 4.00. The summed E-state index contributed by atoms with van der Waals surface area (Å²) in [5.41, 5.74) is 1.21. The maximum atomic E-state index is 12.9. The minimum atomic E-state index is -0.476. The second-order valence-electron chi connectivity index (χ2n) is 4.06. The predicted octanol–water partition coefficient (Wildman–Crippen LogP) is 4.52. The Bertz CT molecular complexity index is 609. The van der Waals surface area contributed by atoms with Crippen molar-refractivity contribution in [2.45, 2.75) is 13.0 Å². The molecule has 19 heavy (non-hydrogen) atoms. The van der Waals surface area contributed by atoms with Gasteiger partial charge in [0.1, 0.15) is 11.6 Å². The molecule has 1 aromatic heterocycles. The summed E-state index contributed by atoms with van der Waals surface area (Å²) in [5, 5.41) is 13.2. The fraction of sp³-hybridized carbons (Fsp3) is 0.154. The van der Waals surface area contributed by atoms with Crippen LogP contribution in [0.15, 0.2) is 34.9 Å². The lowest BCUT2D eigenvalue weighted by Gasteiger charge is -2.17. The van der Waals surface area contributed by atoms with Gasteiger partial charge >= 0.3 is 0 Å². The van der Waals surface area contributed by atoms with E-state index in [1.54, 1.807) is 12.3 Å². The van der Waals surface area contributed by atoms with E-state index in [0.29, 0.717) is 16.4 Å². The molecule has 1 heterocycles. The molecule has 0 fully saturated rings. The average molecular weight is 346 g/mol. The maximum absolute atomic E-state index is 12.9. The molecule has 0 spiro atoms. The van der Waals surface area contributed by atoms with E-state index in [4.69, 9.17) is 11.6 Å². The highest BCUT2D eigenvalue weighted by Gasteiger charge is 2.13. The second kappa shape index (κ2) is 5.75. The highest BCUT2D eigenvalue weighted by molar-refractivity contribution is 9.10. The van der Waals surface area contributed by atoms with Crippen molar-refractivity contribution in [3.8, 4) is 5.75 Å². The van der Waals surface area contributed by atoms with Gasteiger partial charge in [-0.25, -0.2) is 9.37 Å². The predicted molar refractivity (Wildman–Crippen MR) is 77.0 cm³/mol. The van der Waals surface area contributed by atoms with E-state index < -0.39 is 5.82 Å². The number of halogens is 3. The van der Waals surface area contributed by atoms with Crippen molar-refractivity contribution < 1.29 is 9.50 Å². The smallest absolute Gasteiger partial charge is 0.152 e. The molecule has 2 N–H and O–H groups in total. The molecule has 0 saturated carbocycles. The Hall–Kier alpha value is -1.33. The van der Waals surface area contributed by atoms with E-state index in [2.05, 4.69) is 26.2 Å². The zero-order valence-corrected chi connectivity index (χ0v) is 12.3. The monoisotopic (exact) mass is 344 g/mol. The topological polar surface area (TPSA) is 45.2 Å². The summed E-state index contributed by atoms with van der Waals surface area (Å²) in [5.74, 6) is -0.574. The second-order valence-corrected chi connectivity index (χ2v) is 5.33. The van der Waals surface area contributed by atoms with E-state index in [-0.39, 0.29) is 11.8 Å². The van der Waals surface area contributed by atoms with Crippen molar-refractivity contribution >= 4 is 33.2 Å². The van der Waals surface area contributed by atoms with Gasteiger partial charge < -0.3 is 10.4 Å². The van der Waals surface area contributed by atoms with Crippen molar-refractivity contribution in [2.24, 2.45) is 0 Å². The number of anilines is 1. The van der Waals surface area contributed by atoms with Gasteiger partial charge in [-0.05, 0) is 35.0 Å². The molecular formula is C13H11BrClFN2O. The number of aromatic nitrogens is 1. The molecule has 0 saturated heterocycles. The normalized spacial score (nSPS) is 12.2. The Morgan fingerprint density at radius 3 is 2.84 bits per heavy atom. The molecule has 0 bridgehead atoms. The van der Waals surface area contributed by atoms with Gasteiger partial charge in [0.2, 0.25) is 0 Å². The zero-order chi connectivity index (χ0) is 14.0. The highest BCUT2D eigenvalue weighted by Crippen LogP contribution is 2.30. The van der Waals surface area contributed by atoms with Crippen LogP contribution in [0.1, 0.15) is 18.5 Å². The molecule has 0 amide bonds. The summed E-state index contributed by atoms with van der Waals surface area (Å²) in [6, 6.07) is 5.45. The number of nitrogens with one attached hydrogen (secondary N) is 1. The van der Waals surface area contributed by atoms with Gasteiger partial charge in [0.25, 0.3) is 0 Å². The molecule has 0 radical (unpaired) electrons. The number of hydrogen-bond acceptors (Lipinski definition) is 3. The first-order valence-corrected chi connectivity index (χ1v) is 6.70. The number of hydrogen-bond donors (Lipinski definition) is 2. The Kier molecular flexibility index (Phi) is 4.27. The van der Waals surface area contributed by atoms with E-state index in [9.17, 15) is 9.50 Å². The number of phenolic OH excluding ortho intramolecular Hbond substituents is 1. The third-order valence-electron chi connectivity index (χ3n) is 2.64. The van der Waals surface area contributed by atoms with Crippen molar-refractivity contribution in [1.29, 1.82) is 0 Å². The first kappa shape index (κ1) is 14.1.